The first-order chi connectivity index (χ1) is 8.50. The zero-order chi connectivity index (χ0) is 13.5. The van der Waals surface area contributed by atoms with Crippen molar-refractivity contribution in [2.24, 2.45) is 0 Å². The molecule has 1 atom stereocenters. The van der Waals surface area contributed by atoms with Crippen molar-refractivity contribution in [1.82, 2.24) is 5.32 Å². The average Bonchev–Trinajstić information content (AvgIpc) is 2.33. The molecular formula is C12H15NO5. The Morgan fingerprint density at radius 3 is 2.67 bits per heavy atom. The van der Waals surface area contributed by atoms with Crippen molar-refractivity contribution in [1.29, 1.82) is 0 Å². The lowest BCUT2D eigenvalue weighted by Crippen LogP contribution is -2.31. The summed E-state index contributed by atoms with van der Waals surface area (Å²) in [5.74, 6) is -1.34. The summed E-state index contributed by atoms with van der Waals surface area (Å²) in [7, 11) is 0. The highest BCUT2D eigenvalue weighted by Crippen LogP contribution is 2.17. The third kappa shape index (κ3) is 4.42. The van der Waals surface area contributed by atoms with Gasteiger partial charge in [-0.05, 0) is 19.1 Å². The molecule has 0 aliphatic carbocycles. The van der Waals surface area contributed by atoms with Crippen LogP contribution < -0.4 is 10.1 Å². The molecule has 1 aromatic carbocycles. The number of benzene rings is 1. The highest BCUT2D eigenvalue weighted by atomic mass is 16.5. The Kier molecular flexibility index (Phi) is 5.13. The minimum atomic E-state index is -1.12. The van der Waals surface area contributed by atoms with E-state index in [4.69, 9.17) is 14.9 Å². The fourth-order valence-electron chi connectivity index (χ4n) is 1.26. The molecule has 0 bridgehead atoms. The number of carboxylic acids is 1. The molecular weight excluding hydrogens is 238 g/mol. The van der Waals surface area contributed by atoms with Gasteiger partial charge in [0.1, 0.15) is 5.75 Å². The third-order valence-corrected chi connectivity index (χ3v) is 2.04. The van der Waals surface area contributed by atoms with Crippen LogP contribution >= 0.6 is 0 Å². The topological polar surface area (TPSA) is 95.9 Å². The van der Waals surface area contributed by atoms with Gasteiger partial charge in [0, 0.05) is 6.54 Å². The lowest BCUT2D eigenvalue weighted by atomic mass is 10.2. The molecule has 18 heavy (non-hydrogen) atoms. The van der Waals surface area contributed by atoms with Crippen LogP contribution in [0.15, 0.2) is 24.3 Å². The van der Waals surface area contributed by atoms with Crippen LogP contribution in [0.5, 0.6) is 5.75 Å². The summed E-state index contributed by atoms with van der Waals surface area (Å²) in [4.78, 5) is 22.2. The van der Waals surface area contributed by atoms with E-state index in [1.807, 2.05) is 0 Å². The number of hydrogen-bond acceptors (Lipinski definition) is 4. The summed E-state index contributed by atoms with van der Waals surface area (Å²) in [5.41, 5.74) is 0.236. The van der Waals surface area contributed by atoms with Gasteiger partial charge in [-0.2, -0.15) is 0 Å². The van der Waals surface area contributed by atoms with Crippen LogP contribution in [0.1, 0.15) is 17.3 Å². The maximum absolute atomic E-state index is 11.8. The van der Waals surface area contributed by atoms with Crippen LogP contribution in [0, 0.1) is 0 Å². The van der Waals surface area contributed by atoms with Gasteiger partial charge in [-0.3, -0.25) is 4.79 Å². The largest absolute Gasteiger partial charge is 0.481 e. The summed E-state index contributed by atoms with van der Waals surface area (Å²) >= 11 is 0. The number of hydrogen-bond donors (Lipinski definition) is 3. The molecule has 0 heterocycles. The molecule has 6 nitrogen and oxygen atoms in total. The summed E-state index contributed by atoms with van der Waals surface area (Å²) in [6.45, 7) is 1.15. The number of aliphatic carboxylic acids is 1. The number of carbonyl (C=O) groups is 2. The minimum absolute atomic E-state index is 0.117. The number of carboxylic acid groups (broad SMARTS) is 1. The van der Waals surface area contributed by atoms with E-state index in [1.54, 1.807) is 19.1 Å². The van der Waals surface area contributed by atoms with Gasteiger partial charge in [0.25, 0.3) is 5.91 Å². The van der Waals surface area contributed by atoms with Gasteiger partial charge in [-0.15, -0.1) is 0 Å². The van der Waals surface area contributed by atoms with Gasteiger partial charge in [0.05, 0.1) is 11.7 Å². The van der Waals surface area contributed by atoms with Crippen LogP contribution in [-0.4, -0.2) is 41.3 Å². The standard InChI is InChI=1S/C12H15NO5/c1-8(14)6-13-12(17)9-4-2-3-5-10(9)18-7-11(15)16/h2-5,8,14H,6-7H2,1H3,(H,13,17)(H,15,16). The Labute approximate surface area is 104 Å². The number of amides is 1. The van der Waals surface area contributed by atoms with Crippen molar-refractivity contribution in [3.8, 4) is 5.75 Å². The molecule has 6 heteroatoms. The van der Waals surface area contributed by atoms with Crippen LogP contribution in [0.4, 0.5) is 0 Å². The van der Waals surface area contributed by atoms with E-state index >= 15 is 0 Å². The summed E-state index contributed by atoms with van der Waals surface area (Å²) in [6.07, 6.45) is -0.652. The van der Waals surface area contributed by atoms with Gasteiger partial charge in [0.2, 0.25) is 0 Å². The molecule has 1 amide bonds. The number of nitrogens with one attached hydrogen (secondary N) is 1. The van der Waals surface area contributed by atoms with Crippen molar-refractivity contribution in [3.05, 3.63) is 29.8 Å². The van der Waals surface area contributed by atoms with Crippen molar-refractivity contribution in [2.75, 3.05) is 13.2 Å². The summed E-state index contributed by atoms with van der Waals surface area (Å²) < 4.78 is 5.00. The van der Waals surface area contributed by atoms with E-state index in [0.29, 0.717) is 0 Å². The van der Waals surface area contributed by atoms with Gasteiger partial charge < -0.3 is 20.3 Å². The Morgan fingerprint density at radius 1 is 1.39 bits per heavy atom. The van der Waals surface area contributed by atoms with Crippen molar-refractivity contribution in [2.45, 2.75) is 13.0 Å². The molecule has 98 valence electrons. The van der Waals surface area contributed by atoms with Crippen LogP contribution in [0.2, 0.25) is 0 Å². The van der Waals surface area contributed by atoms with Gasteiger partial charge in [0.15, 0.2) is 6.61 Å². The number of carbonyl (C=O) groups excluding carboxylic acids is 1. The molecule has 3 N–H and O–H groups in total. The van der Waals surface area contributed by atoms with Gasteiger partial charge >= 0.3 is 5.97 Å². The first-order valence-corrected chi connectivity index (χ1v) is 5.40. The van der Waals surface area contributed by atoms with Crippen molar-refractivity contribution >= 4 is 11.9 Å². The predicted molar refractivity (Wildman–Crippen MR) is 63.6 cm³/mol. The predicted octanol–water partition coefficient (Wildman–Crippen LogP) is 0.261. The Morgan fingerprint density at radius 2 is 2.06 bits per heavy atom. The molecule has 1 aromatic rings. The van der Waals surface area contributed by atoms with Crippen LogP contribution in [0.3, 0.4) is 0 Å². The Bertz CT molecular complexity index is 430. The second-order valence-corrected chi connectivity index (χ2v) is 3.74. The minimum Gasteiger partial charge on any atom is -0.481 e. The molecule has 0 saturated heterocycles. The lowest BCUT2D eigenvalue weighted by molar-refractivity contribution is -0.139. The first-order valence-electron chi connectivity index (χ1n) is 5.40. The number of aliphatic hydroxyl groups excluding tert-OH is 1. The molecule has 0 saturated carbocycles. The van der Waals surface area contributed by atoms with E-state index in [0.717, 1.165) is 0 Å². The Balaban J connectivity index is 2.74. The van der Waals surface area contributed by atoms with E-state index in [1.165, 1.54) is 12.1 Å². The van der Waals surface area contributed by atoms with E-state index in [9.17, 15) is 9.59 Å². The van der Waals surface area contributed by atoms with Crippen molar-refractivity contribution < 1.29 is 24.5 Å². The first kappa shape index (κ1) is 14.0. The van der Waals surface area contributed by atoms with E-state index < -0.39 is 24.6 Å². The zero-order valence-corrected chi connectivity index (χ0v) is 9.92. The van der Waals surface area contributed by atoms with Crippen molar-refractivity contribution in [3.63, 3.8) is 0 Å². The van der Waals surface area contributed by atoms with Crippen LogP contribution in [-0.2, 0) is 4.79 Å². The molecule has 0 fully saturated rings. The molecule has 0 aliphatic heterocycles. The zero-order valence-electron chi connectivity index (χ0n) is 9.92. The monoisotopic (exact) mass is 253 g/mol. The van der Waals surface area contributed by atoms with Gasteiger partial charge in [-0.1, -0.05) is 12.1 Å². The summed E-state index contributed by atoms with van der Waals surface area (Å²) in [6, 6.07) is 6.32. The molecule has 0 spiro atoms. The fraction of sp³-hybridized carbons (Fsp3) is 0.333. The molecule has 1 rings (SSSR count). The molecule has 0 aliphatic rings. The second kappa shape index (κ2) is 6.61. The maximum Gasteiger partial charge on any atom is 0.341 e. The highest BCUT2D eigenvalue weighted by Gasteiger charge is 2.13. The molecule has 1 unspecified atom stereocenters. The second-order valence-electron chi connectivity index (χ2n) is 3.74. The number of rotatable bonds is 6. The Hall–Kier alpha value is -2.08. The quantitative estimate of drug-likeness (QED) is 0.676. The normalized spacial score (nSPS) is 11.7. The molecule has 0 aromatic heterocycles. The van der Waals surface area contributed by atoms with Crippen LogP contribution in [0.25, 0.3) is 0 Å². The number of aliphatic hydroxyl groups is 1. The number of para-hydroxylation sites is 1. The number of ether oxygens (including phenoxy) is 1. The lowest BCUT2D eigenvalue weighted by Gasteiger charge is -2.11. The smallest absolute Gasteiger partial charge is 0.341 e. The fourth-order valence-corrected chi connectivity index (χ4v) is 1.26. The van der Waals surface area contributed by atoms with Gasteiger partial charge in [-0.25, -0.2) is 4.79 Å². The highest BCUT2D eigenvalue weighted by molar-refractivity contribution is 5.97. The SMILES string of the molecule is CC(O)CNC(=O)c1ccccc1OCC(=O)O. The molecule has 0 radical (unpaired) electrons. The maximum atomic E-state index is 11.8. The summed E-state index contributed by atoms with van der Waals surface area (Å²) in [5, 5.41) is 20.1. The van der Waals surface area contributed by atoms with E-state index in [2.05, 4.69) is 5.32 Å². The van der Waals surface area contributed by atoms with E-state index in [-0.39, 0.29) is 17.9 Å². The average molecular weight is 253 g/mol. The third-order valence-electron chi connectivity index (χ3n) is 2.04.